The lowest BCUT2D eigenvalue weighted by molar-refractivity contribution is 0.126. The van der Waals surface area contributed by atoms with Crippen LogP contribution in [0.25, 0.3) is 11.5 Å². The first-order valence-electron chi connectivity index (χ1n) is 9.37. The Balaban J connectivity index is 1.47. The number of hydrogen-bond acceptors (Lipinski definition) is 7. The summed E-state index contributed by atoms with van der Waals surface area (Å²) in [4.78, 5) is 0. The molecule has 3 rings (SSSR count). The predicted octanol–water partition coefficient (Wildman–Crippen LogP) is 4.57. The fourth-order valence-corrected chi connectivity index (χ4v) is 3.25. The maximum Gasteiger partial charge on any atom is 0.276 e. The van der Waals surface area contributed by atoms with Crippen molar-refractivity contribution in [2.75, 3.05) is 19.5 Å². The zero-order valence-electron chi connectivity index (χ0n) is 17.1. The van der Waals surface area contributed by atoms with E-state index in [1.165, 1.54) is 17.3 Å². The molecule has 1 N–H and O–H groups in total. The highest BCUT2D eigenvalue weighted by Gasteiger charge is 2.14. The summed E-state index contributed by atoms with van der Waals surface area (Å²) < 4.78 is 16.5. The van der Waals surface area contributed by atoms with Crippen molar-refractivity contribution in [2.24, 2.45) is 0 Å². The van der Waals surface area contributed by atoms with Crippen LogP contribution in [-0.4, -0.2) is 40.9 Å². The van der Waals surface area contributed by atoms with E-state index in [4.69, 9.17) is 13.9 Å². The van der Waals surface area contributed by atoms with Gasteiger partial charge in [-0.3, -0.25) is 0 Å². The molecule has 0 aliphatic rings. The number of rotatable bonds is 8. The van der Waals surface area contributed by atoms with Crippen molar-refractivity contribution >= 4 is 11.8 Å². The highest BCUT2D eigenvalue weighted by molar-refractivity contribution is 7.99. The second-order valence-corrected chi connectivity index (χ2v) is 8.62. The lowest BCUT2D eigenvalue weighted by atomic mass is 9.87. The fraction of sp³-hybridized carbons (Fsp3) is 0.364. The van der Waals surface area contributed by atoms with E-state index in [0.717, 1.165) is 17.1 Å². The highest BCUT2D eigenvalue weighted by atomic mass is 32.2. The van der Waals surface area contributed by atoms with Gasteiger partial charge in [-0.25, -0.2) is 0 Å². The van der Waals surface area contributed by atoms with Crippen LogP contribution in [0.5, 0.6) is 11.5 Å². The summed E-state index contributed by atoms with van der Waals surface area (Å²) >= 11 is 1.30. The molecular formula is C22H26N2O4S. The Labute approximate surface area is 175 Å². The van der Waals surface area contributed by atoms with Crippen LogP contribution in [0.1, 0.15) is 26.3 Å². The van der Waals surface area contributed by atoms with Crippen LogP contribution >= 0.6 is 11.8 Å². The van der Waals surface area contributed by atoms with Crippen molar-refractivity contribution < 1.29 is 19.0 Å². The number of hydrogen-bond donors (Lipinski definition) is 1. The Bertz CT molecular complexity index is 902. The summed E-state index contributed by atoms with van der Waals surface area (Å²) in [5.41, 5.74) is 2.15. The molecule has 0 saturated heterocycles. The van der Waals surface area contributed by atoms with Crippen molar-refractivity contribution in [2.45, 2.75) is 37.5 Å². The monoisotopic (exact) mass is 414 g/mol. The van der Waals surface area contributed by atoms with Crippen LogP contribution in [0.15, 0.2) is 58.2 Å². The maximum atomic E-state index is 10.2. The number of nitrogens with zero attached hydrogens (tertiary/aromatic N) is 2. The van der Waals surface area contributed by atoms with Gasteiger partial charge in [0.15, 0.2) is 0 Å². The van der Waals surface area contributed by atoms with E-state index in [0.29, 0.717) is 16.9 Å². The number of methoxy groups -OCH3 is 1. The molecular weight excluding hydrogens is 388 g/mol. The number of aliphatic hydroxyl groups is 1. The largest absolute Gasteiger partial charge is 0.497 e. The summed E-state index contributed by atoms with van der Waals surface area (Å²) in [7, 11) is 1.62. The first-order chi connectivity index (χ1) is 13.8. The van der Waals surface area contributed by atoms with Gasteiger partial charge in [-0.05, 0) is 47.4 Å². The first-order valence-corrected chi connectivity index (χ1v) is 10.4. The molecule has 0 amide bonds. The van der Waals surface area contributed by atoms with Crippen LogP contribution in [0.3, 0.4) is 0 Å². The Hall–Kier alpha value is -2.51. The van der Waals surface area contributed by atoms with E-state index in [2.05, 4.69) is 43.1 Å². The molecule has 0 radical (unpaired) electrons. The molecule has 2 aromatic carbocycles. The third-order valence-corrected chi connectivity index (χ3v) is 5.27. The van der Waals surface area contributed by atoms with Crippen molar-refractivity contribution in [3.63, 3.8) is 0 Å². The van der Waals surface area contributed by atoms with Gasteiger partial charge >= 0.3 is 0 Å². The molecule has 0 aliphatic carbocycles. The molecule has 0 aliphatic heterocycles. The lowest BCUT2D eigenvalue weighted by Crippen LogP contribution is -2.20. The van der Waals surface area contributed by atoms with Gasteiger partial charge in [0.25, 0.3) is 5.22 Å². The summed E-state index contributed by atoms with van der Waals surface area (Å²) in [5.74, 6) is 2.32. The lowest BCUT2D eigenvalue weighted by Gasteiger charge is -2.19. The summed E-state index contributed by atoms with van der Waals surface area (Å²) in [5, 5.41) is 18.7. The Morgan fingerprint density at radius 2 is 1.66 bits per heavy atom. The Kier molecular flexibility index (Phi) is 6.82. The Morgan fingerprint density at radius 1 is 1.00 bits per heavy atom. The zero-order chi connectivity index (χ0) is 20.9. The minimum atomic E-state index is -0.654. The molecule has 0 bridgehead atoms. The van der Waals surface area contributed by atoms with Gasteiger partial charge in [-0.15, -0.1) is 10.2 Å². The van der Waals surface area contributed by atoms with E-state index in [1.807, 2.05) is 36.4 Å². The van der Waals surface area contributed by atoms with Gasteiger partial charge in [-0.1, -0.05) is 44.7 Å². The average molecular weight is 415 g/mol. The molecule has 1 aromatic heterocycles. The predicted molar refractivity (Wildman–Crippen MR) is 114 cm³/mol. The minimum absolute atomic E-state index is 0.101. The number of benzene rings is 2. The SMILES string of the molecule is COc1ccc(-c2nnc(SC[C@H](O)COc3ccc(C(C)(C)C)cc3)o2)cc1. The standard InChI is InChI=1S/C22H26N2O4S/c1-22(2,3)16-7-11-19(12-8-16)27-13-17(25)14-29-21-24-23-20(28-21)15-5-9-18(26-4)10-6-15/h5-12,17,25H,13-14H2,1-4H3/t17-/m1/s1. The smallest absolute Gasteiger partial charge is 0.276 e. The fourth-order valence-electron chi connectivity index (χ4n) is 2.58. The number of thioether (sulfide) groups is 1. The minimum Gasteiger partial charge on any atom is -0.497 e. The highest BCUT2D eigenvalue weighted by Crippen LogP contribution is 2.26. The van der Waals surface area contributed by atoms with Crippen LogP contribution in [0.4, 0.5) is 0 Å². The van der Waals surface area contributed by atoms with E-state index in [1.54, 1.807) is 7.11 Å². The normalized spacial score (nSPS) is 12.6. The van der Waals surface area contributed by atoms with E-state index in [9.17, 15) is 5.11 Å². The van der Waals surface area contributed by atoms with E-state index >= 15 is 0 Å². The van der Waals surface area contributed by atoms with Crippen molar-refractivity contribution in [1.29, 1.82) is 0 Å². The molecule has 154 valence electrons. The summed E-state index contributed by atoms with van der Waals surface area (Å²) in [6.07, 6.45) is -0.654. The average Bonchev–Trinajstić information content (AvgIpc) is 3.19. The van der Waals surface area contributed by atoms with Crippen molar-refractivity contribution in [3.8, 4) is 23.0 Å². The third-order valence-electron chi connectivity index (χ3n) is 4.31. The van der Waals surface area contributed by atoms with Gasteiger partial charge in [-0.2, -0.15) is 0 Å². The molecule has 7 heteroatoms. The molecule has 0 spiro atoms. The number of ether oxygens (including phenoxy) is 2. The van der Waals surface area contributed by atoms with Crippen molar-refractivity contribution in [1.82, 2.24) is 10.2 Å². The van der Waals surface area contributed by atoms with Gasteiger partial charge in [0.05, 0.1) is 13.2 Å². The van der Waals surface area contributed by atoms with Gasteiger partial charge < -0.3 is 19.0 Å². The van der Waals surface area contributed by atoms with Gasteiger partial charge in [0.1, 0.15) is 18.1 Å². The Morgan fingerprint density at radius 3 is 2.28 bits per heavy atom. The van der Waals surface area contributed by atoms with E-state index in [-0.39, 0.29) is 12.0 Å². The molecule has 0 unspecified atom stereocenters. The molecule has 3 aromatic rings. The van der Waals surface area contributed by atoms with Gasteiger partial charge in [0.2, 0.25) is 5.89 Å². The topological polar surface area (TPSA) is 77.6 Å². The molecule has 1 heterocycles. The van der Waals surface area contributed by atoms with Crippen LogP contribution in [-0.2, 0) is 5.41 Å². The van der Waals surface area contributed by atoms with Gasteiger partial charge in [0, 0.05) is 11.3 Å². The van der Waals surface area contributed by atoms with Crippen LogP contribution in [0, 0.1) is 0 Å². The van der Waals surface area contributed by atoms with Crippen LogP contribution in [0.2, 0.25) is 0 Å². The number of aromatic nitrogens is 2. The second-order valence-electron chi connectivity index (χ2n) is 7.65. The first kappa shape index (κ1) is 21.2. The molecule has 0 saturated carbocycles. The summed E-state index contributed by atoms with van der Waals surface area (Å²) in [6.45, 7) is 6.70. The van der Waals surface area contributed by atoms with E-state index < -0.39 is 6.10 Å². The van der Waals surface area contributed by atoms with Crippen LogP contribution < -0.4 is 9.47 Å². The molecule has 0 fully saturated rings. The maximum absolute atomic E-state index is 10.2. The molecule has 1 atom stereocenters. The zero-order valence-corrected chi connectivity index (χ0v) is 17.9. The molecule has 6 nitrogen and oxygen atoms in total. The molecule has 29 heavy (non-hydrogen) atoms. The number of aliphatic hydroxyl groups excluding tert-OH is 1. The van der Waals surface area contributed by atoms with Crippen molar-refractivity contribution in [3.05, 3.63) is 54.1 Å². The quantitative estimate of drug-likeness (QED) is 0.541. The second kappa shape index (κ2) is 9.33. The third kappa shape index (κ3) is 5.98. The summed E-state index contributed by atoms with van der Waals surface area (Å²) in [6, 6.07) is 15.3.